The van der Waals surface area contributed by atoms with Crippen molar-refractivity contribution in [3.05, 3.63) is 35.9 Å². The molecule has 1 aliphatic heterocycles. The van der Waals surface area contributed by atoms with E-state index >= 15 is 0 Å². The van der Waals surface area contributed by atoms with Crippen LogP contribution in [-0.4, -0.2) is 53.4 Å². The molecule has 32 heavy (non-hydrogen) atoms. The van der Waals surface area contributed by atoms with Crippen LogP contribution in [-0.2, 0) is 25.1 Å². The van der Waals surface area contributed by atoms with Crippen molar-refractivity contribution in [2.24, 2.45) is 11.8 Å². The van der Waals surface area contributed by atoms with Crippen LogP contribution in [0.3, 0.4) is 0 Å². The molecular formula is C25H38NO5P. The van der Waals surface area contributed by atoms with Gasteiger partial charge < -0.3 is 14.5 Å². The summed E-state index contributed by atoms with van der Waals surface area (Å²) in [5, 5.41) is 9.74. The van der Waals surface area contributed by atoms with E-state index in [2.05, 4.69) is 12.1 Å². The first-order valence-electron chi connectivity index (χ1n) is 12.2. The Kier molecular flexibility index (Phi) is 9.36. The molecule has 0 bridgehead atoms. The van der Waals surface area contributed by atoms with Crippen molar-refractivity contribution in [3.63, 3.8) is 0 Å². The summed E-state index contributed by atoms with van der Waals surface area (Å²) in [7, 11) is -3.14. The van der Waals surface area contributed by atoms with Gasteiger partial charge in [0, 0.05) is 12.7 Å². The second-order valence-electron chi connectivity index (χ2n) is 9.35. The van der Waals surface area contributed by atoms with Crippen molar-refractivity contribution in [2.75, 3.05) is 25.5 Å². The number of amides is 1. The van der Waals surface area contributed by atoms with Gasteiger partial charge >= 0.3 is 5.97 Å². The van der Waals surface area contributed by atoms with Gasteiger partial charge in [-0.3, -0.25) is 9.36 Å². The number of carboxylic acid groups (broad SMARTS) is 1. The largest absolute Gasteiger partial charge is 0.480 e. The minimum Gasteiger partial charge on any atom is -0.480 e. The van der Waals surface area contributed by atoms with E-state index in [1.165, 1.54) is 29.7 Å². The molecule has 3 rings (SSSR count). The summed E-state index contributed by atoms with van der Waals surface area (Å²) in [6.07, 6.45) is 9.05. The van der Waals surface area contributed by atoms with E-state index in [1.54, 1.807) is 6.92 Å². The first-order valence-corrected chi connectivity index (χ1v) is 14.2. The fourth-order valence-electron chi connectivity index (χ4n) is 5.37. The summed E-state index contributed by atoms with van der Waals surface area (Å²) >= 11 is 0. The number of benzene rings is 1. The molecule has 2 fully saturated rings. The van der Waals surface area contributed by atoms with E-state index in [0.29, 0.717) is 31.5 Å². The zero-order chi connectivity index (χ0) is 23.0. The van der Waals surface area contributed by atoms with Gasteiger partial charge in [-0.2, -0.15) is 0 Å². The predicted octanol–water partition coefficient (Wildman–Crippen LogP) is 5.21. The SMILES string of the molecule is CCOP(=O)(CCCCc1ccccc1)CC(=O)N1C[C@@H](C2CCCCC2)C[C@H]1C(=O)O. The Hall–Kier alpha value is -1.65. The maximum atomic E-state index is 13.4. The highest BCUT2D eigenvalue weighted by atomic mass is 31.2. The zero-order valence-electron chi connectivity index (χ0n) is 19.3. The summed E-state index contributed by atoms with van der Waals surface area (Å²) in [4.78, 5) is 26.5. The first kappa shape index (κ1) is 25.0. The van der Waals surface area contributed by atoms with Gasteiger partial charge in [0.05, 0.1) is 6.61 Å². The van der Waals surface area contributed by atoms with Crippen molar-refractivity contribution >= 4 is 19.2 Å². The summed E-state index contributed by atoms with van der Waals surface area (Å²) in [5.74, 6) is -0.543. The molecule has 1 heterocycles. The van der Waals surface area contributed by atoms with Gasteiger partial charge in [0.15, 0.2) is 0 Å². The Morgan fingerprint density at radius 1 is 1.09 bits per heavy atom. The molecule has 178 valence electrons. The number of aliphatic carboxylic acids is 1. The van der Waals surface area contributed by atoms with Crippen molar-refractivity contribution in [3.8, 4) is 0 Å². The summed E-state index contributed by atoms with van der Waals surface area (Å²) < 4.78 is 19.0. The van der Waals surface area contributed by atoms with Crippen LogP contribution in [0, 0.1) is 11.8 Å². The molecule has 0 radical (unpaired) electrons. The van der Waals surface area contributed by atoms with E-state index in [9.17, 15) is 19.3 Å². The van der Waals surface area contributed by atoms with E-state index in [4.69, 9.17) is 4.52 Å². The van der Waals surface area contributed by atoms with Gasteiger partial charge in [0.1, 0.15) is 12.2 Å². The molecule has 1 saturated carbocycles. The smallest absolute Gasteiger partial charge is 0.326 e. The number of carbonyl (C=O) groups excluding carboxylic acids is 1. The quantitative estimate of drug-likeness (QED) is 0.360. The number of likely N-dealkylation sites (tertiary alicyclic amines) is 1. The third-order valence-electron chi connectivity index (χ3n) is 7.05. The maximum absolute atomic E-state index is 13.4. The minimum absolute atomic E-state index is 0.187. The molecule has 1 aliphatic carbocycles. The van der Waals surface area contributed by atoms with Gasteiger partial charge in [-0.15, -0.1) is 0 Å². The fraction of sp³-hybridized carbons (Fsp3) is 0.680. The maximum Gasteiger partial charge on any atom is 0.326 e. The normalized spacial score (nSPS) is 23.7. The van der Waals surface area contributed by atoms with E-state index in [-0.39, 0.29) is 24.6 Å². The van der Waals surface area contributed by atoms with Crippen LogP contribution < -0.4 is 0 Å². The van der Waals surface area contributed by atoms with Crippen LogP contribution in [0.5, 0.6) is 0 Å². The van der Waals surface area contributed by atoms with Crippen molar-refractivity contribution in [2.45, 2.75) is 70.8 Å². The first-order chi connectivity index (χ1) is 15.4. The Balaban J connectivity index is 1.57. The van der Waals surface area contributed by atoms with Gasteiger partial charge in [-0.05, 0) is 50.0 Å². The van der Waals surface area contributed by atoms with Crippen molar-refractivity contribution in [1.29, 1.82) is 0 Å². The predicted molar refractivity (Wildman–Crippen MR) is 126 cm³/mol. The van der Waals surface area contributed by atoms with Gasteiger partial charge in [-0.1, -0.05) is 62.4 Å². The van der Waals surface area contributed by atoms with Crippen LogP contribution in [0.25, 0.3) is 0 Å². The lowest BCUT2D eigenvalue weighted by molar-refractivity contribution is -0.147. The highest BCUT2D eigenvalue weighted by molar-refractivity contribution is 7.59. The lowest BCUT2D eigenvalue weighted by Gasteiger charge is -2.28. The van der Waals surface area contributed by atoms with E-state index in [0.717, 1.165) is 25.7 Å². The summed E-state index contributed by atoms with van der Waals surface area (Å²) in [5.41, 5.74) is 1.24. The third-order valence-corrected chi connectivity index (χ3v) is 9.53. The number of rotatable bonds is 11. The highest BCUT2D eigenvalue weighted by Crippen LogP contribution is 2.48. The second-order valence-corrected chi connectivity index (χ2v) is 12.0. The van der Waals surface area contributed by atoms with Gasteiger partial charge in [0.25, 0.3) is 0 Å². The standard InChI is InChI=1S/C25H38NO5P/c1-2-31-32(30,16-10-9-13-20-11-5-3-6-12-20)19-24(27)26-18-22(17-23(26)25(28)29)21-14-7-4-8-15-21/h3,5-6,11-12,21-23H,2,4,7-10,13-19H2,1H3,(H,28,29)/t22-,23-,32?/m0/s1. The number of aryl methyl sites for hydroxylation is 1. The van der Waals surface area contributed by atoms with Crippen molar-refractivity contribution in [1.82, 2.24) is 4.90 Å². The highest BCUT2D eigenvalue weighted by Gasteiger charge is 2.43. The van der Waals surface area contributed by atoms with Crippen LogP contribution in [0.4, 0.5) is 0 Å². The number of hydrogen-bond acceptors (Lipinski definition) is 4. The molecule has 3 atom stereocenters. The van der Waals surface area contributed by atoms with Crippen LogP contribution >= 0.6 is 7.37 Å². The van der Waals surface area contributed by atoms with Gasteiger partial charge in [-0.25, -0.2) is 4.79 Å². The number of nitrogens with zero attached hydrogens (tertiary/aromatic N) is 1. The number of unbranched alkanes of at least 4 members (excludes halogenated alkanes) is 1. The average Bonchev–Trinajstić information content (AvgIpc) is 3.25. The van der Waals surface area contributed by atoms with Crippen molar-refractivity contribution < 1.29 is 23.8 Å². The lowest BCUT2D eigenvalue weighted by atomic mass is 9.79. The van der Waals surface area contributed by atoms with Crippen LogP contribution in [0.2, 0.25) is 0 Å². The molecule has 1 amide bonds. The molecule has 1 N–H and O–H groups in total. The number of hydrogen-bond donors (Lipinski definition) is 1. The number of carbonyl (C=O) groups is 2. The monoisotopic (exact) mass is 463 g/mol. The molecule has 0 spiro atoms. The van der Waals surface area contributed by atoms with Crippen LogP contribution in [0.15, 0.2) is 30.3 Å². The molecule has 0 aromatic heterocycles. The molecule has 1 saturated heterocycles. The molecule has 1 aromatic rings. The fourth-order valence-corrected chi connectivity index (χ4v) is 7.52. The minimum atomic E-state index is -3.14. The van der Waals surface area contributed by atoms with E-state index in [1.807, 2.05) is 18.2 Å². The Morgan fingerprint density at radius 2 is 1.81 bits per heavy atom. The lowest BCUT2D eigenvalue weighted by Crippen LogP contribution is -2.42. The Bertz CT molecular complexity index is 793. The molecule has 7 heteroatoms. The molecule has 2 aliphatic rings. The Labute approximate surface area is 192 Å². The average molecular weight is 464 g/mol. The molecular weight excluding hydrogens is 425 g/mol. The molecule has 1 unspecified atom stereocenters. The topological polar surface area (TPSA) is 83.9 Å². The third kappa shape index (κ3) is 6.92. The van der Waals surface area contributed by atoms with E-state index < -0.39 is 19.4 Å². The number of carboxylic acids is 1. The molecule has 6 nitrogen and oxygen atoms in total. The van der Waals surface area contributed by atoms with Gasteiger partial charge in [0.2, 0.25) is 13.3 Å². The Morgan fingerprint density at radius 3 is 2.47 bits per heavy atom. The zero-order valence-corrected chi connectivity index (χ0v) is 20.2. The summed E-state index contributed by atoms with van der Waals surface area (Å²) in [6.45, 7) is 2.55. The van der Waals surface area contributed by atoms with Crippen LogP contribution in [0.1, 0.15) is 63.9 Å². The second kappa shape index (κ2) is 12.0. The summed E-state index contributed by atoms with van der Waals surface area (Å²) in [6, 6.07) is 9.35. The molecule has 1 aromatic carbocycles.